The first-order valence-corrected chi connectivity index (χ1v) is 13.3. The minimum atomic E-state index is -3.85. The van der Waals surface area contributed by atoms with E-state index in [0.717, 1.165) is 6.54 Å². The van der Waals surface area contributed by atoms with Crippen LogP contribution >= 0.6 is 0 Å². The van der Waals surface area contributed by atoms with E-state index < -0.39 is 16.0 Å². The van der Waals surface area contributed by atoms with Gasteiger partial charge in [0.15, 0.2) is 0 Å². The molecular weight excluding hydrogens is 442 g/mol. The molecule has 0 bridgehead atoms. The molecule has 1 amide bonds. The lowest BCUT2D eigenvalue weighted by Gasteiger charge is -2.34. The van der Waals surface area contributed by atoms with Crippen molar-refractivity contribution in [2.45, 2.75) is 55.9 Å². The molecular formula is C24H37N3O5S. The SMILES string of the molecule is COC(=O)c1ccccc1S(=O)(=O)N1CCC(C(=O)N(C)CCN(C)C2CCCCC2)CC1. The van der Waals surface area contributed by atoms with Gasteiger partial charge in [0.05, 0.1) is 17.6 Å². The average Bonchev–Trinajstić information content (AvgIpc) is 2.86. The number of nitrogens with zero attached hydrogens (tertiary/aromatic N) is 3. The third kappa shape index (κ3) is 6.13. The molecule has 1 saturated carbocycles. The van der Waals surface area contributed by atoms with Gasteiger partial charge in [0.1, 0.15) is 0 Å². The highest BCUT2D eigenvalue weighted by molar-refractivity contribution is 7.89. The van der Waals surface area contributed by atoms with Gasteiger partial charge in [0, 0.05) is 45.2 Å². The van der Waals surface area contributed by atoms with Crippen LogP contribution in [0.4, 0.5) is 0 Å². The molecule has 184 valence electrons. The molecule has 1 saturated heterocycles. The van der Waals surface area contributed by atoms with Gasteiger partial charge in [0.2, 0.25) is 15.9 Å². The first-order valence-electron chi connectivity index (χ1n) is 11.9. The molecule has 33 heavy (non-hydrogen) atoms. The van der Waals surface area contributed by atoms with Crippen LogP contribution in [0.25, 0.3) is 0 Å². The van der Waals surface area contributed by atoms with Crippen LogP contribution in [0.2, 0.25) is 0 Å². The maximum Gasteiger partial charge on any atom is 0.339 e. The van der Waals surface area contributed by atoms with E-state index in [-0.39, 0.29) is 35.4 Å². The molecule has 0 N–H and O–H groups in total. The van der Waals surface area contributed by atoms with Crippen molar-refractivity contribution in [2.75, 3.05) is 47.4 Å². The Labute approximate surface area is 197 Å². The number of carbonyl (C=O) groups is 2. The van der Waals surface area contributed by atoms with Crippen molar-refractivity contribution in [3.8, 4) is 0 Å². The van der Waals surface area contributed by atoms with Crippen molar-refractivity contribution in [2.24, 2.45) is 5.92 Å². The first-order chi connectivity index (χ1) is 15.8. The Morgan fingerprint density at radius 3 is 2.27 bits per heavy atom. The number of benzene rings is 1. The summed E-state index contributed by atoms with van der Waals surface area (Å²) in [6, 6.07) is 6.69. The number of sulfonamides is 1. The summed E-state index contributed by atoms with van der Waals surface area (Å²) >= 11 is 0. The van der Waals surface area contributed by atoms with Gasteiger partial charge in [-0.3, -0.25) is 4.79 Å². The van der Waals surface area contributed by atoms with E-state index in [2.05, 4.69) is 11.9 Å². The molecule has 0 unspecified atom stereocenters. The normalized spacial score (nSPS) is 18.9. The van der Waals surface area contributed by atoms with Gasteiger partial charge in [-0.2, -0.15) is 4.31 Å². The van der Waals surface area contributed by atoms with Crippen molar-refractivity contribution in [1.29, 1.82) is 0 Å². The summed E-state index contributed by atoms with van der Waals surface area (Å²) in [6.45, 7) is 2.04. The summed E-state index contributed by atoms with van der Waals surface area (Å²) in [5.41, 5.74) is 0.0278. The summed E-state index contributed by atoms with van der Waals surface area (Å²) < 4.78 is 32.5. The summed E-state index contributed by atoms with van der Waals surface area (Å²) in [4.78, 5) is 29.1. The van der Waals surface area contributed by atoms with Crippen LogP contribution in [0, 0.1) is 5.92 Å². The second-order valence-electron chi connectivity index (χ2n) is 9.20. The number of likely N-dealkylation sites (N-methyl/N-ethyl adjacent to an activating group) is 2. The van der Waals surface area contributed by atoms with Gasteiger partial charge in [-0.05, 0) is 44.9 Å². The quantitative estimate of drug-likeness (QED) is 0.533. The maximum atomic E-state index is 13.2. The van der Waals surface area contributed by atoms with Crippen molar-refractivity contribution in [3.05, 3.63) is 29.8 Å². The Morgan fingerprint density at radius 1 is 1.00 bits per heavy atom. The zero-order valence-electron chi connectivity index (χ0n) is 20.0. The van der Waals surface area contributed by atoms with E-state index >= 15 is 0 Å². The lowest BCUT2D eigenvalue weighted by atomic mass is 9.94. The molecule has 1 heterocycles. The second kappa shape index (κ2) is 11.4. The number of piperidine rings is 1. The molecule has 1 aromatic carbocycles. The Morgan fingerprint density at radius 2 is 1.64 bits per heavy atom. The fourth-order valence-corrected chi connectivity index (χ4v) is 6.54. The topological polar surface area (TPSA) is 87.2 Å². The minimum Gasteiger partial charge on any atom is -0.465 e. The number of carbonyl (C=O) groups excluding carboxylic acids is 2. The lowest BCUT2D eigenvalue weighted by Crippen LogP contribution is -2.45. The molecule has 1 aliphatic heterocycles. The first kappa shape index (κ1) is 25.6. The Bertz CT molecular complexity index is 922. The van der Waals surface area contributed by atoms with E-state index in [1.807, 2.05) is 7.05 Å². The Balaban J connectivity index is 1.54. The van der Waals surface area contributed by atoms with Crippen molar-refractivity contribution in [1.82, 2.24) is 14.1 Å². The number of amides is 1. The zero-order valence-corrected chi connectivity index (χ0v) is 20.8. The number of hydrogen-bond acceptors (Lipinski definition) is 6. The predicted octanol–water partition coefficient (Wildman–Crippen LogP) is 2.60. The highest BCUT2D eigenvalue weighted by Gasteiger charge is 2.35. The summed E-state index contributed by atoms with van der Waals surface area (Å²) in [5.74, 6) is -0.782. The third-order valence-corrected chi connectivity index (χ3v) is 9.03. The van der Waals surface area contributed by atoms with Gasteiger partial charge in [-0.25, -0.2) is 13.2 Å². The third-order valence-electron chi connectivity index (χ3n) is 7.08. The maximum absolute atomic E-state index is 13.2. The molecule has 3 rings (SSSR count). The molecule has 9 heteroatoms. The number of rotatable bonds is 8. The van der Waals surface area contributed by atoms with Gasteiger partial charge in [-0.1, -0.05) is 31.4 Å². The standard InChI is InChI=1S/C24H37N3O5S/c1-25(20-9-5-4-6-10-20)17-18-26(2)23(28)19-13-15-27(16-14-19)33(30,31)22-12-8-7-11-21(22)24(29)32-3/h7-8,11-12,19-20H,4-6,9-10,13-18H2,1-3H3. The monoisotopic (exact) mass is 479 g/mol. The average molecular weight is 480 g/mol. The van der Waals surface area contributed by atoms with Crippen LogP contribution in [0.3, 0.4) is 0 Å². The van der Waals surface area contributed by atoms with E-state index in [0.29, 0.717) is 25.4 Å². The molecule has 0 atom stereocenters. The van der Waals surface area contributed by atoms with Crippen molar-refractivity contribution < 1.29 is 22.7 Å². The summed E-state index contributed by atoms with van der Waals surface area (Å²) in [5, 5.41) is 0. The largest absolute Gasteiger partial charge is 0.465 e. The van der Waals surface area contributed by atoms with Gasteiger partial charge in [0.25, 0.3) is 0 Å². The minimum absolute atomic E-state index is 0.0278. The highest BCUT2D eigenvalue weighted by Crippen LogP contribution is 2.27. The van der Waals surface area contributed by atoms with Gasteiger partial charge < -0.3 is 14.5 Å². The molecule has 2 aliphatic rings. The van der Waals surface area contributed by atoms with Gasteiger partial charge in [-0.15, -0.1) is 0 Å². The summed E-state index contributed by atoms with van der Waals surface area (Å²) in [7, 11) is 1.36. The van der Waals surface area contributed by atoms with Crippen LogP contribution < -0.4 is 0 Å². The number of methoxy groups -OCH3 is 1. The predicted molar refractivity (Wildman–Crippen MR) is 126 cm³/mol. The molecule has 2 fully saturated rings. The molecule has 1 aromatic rings. The van der Waals surface area contributed by atoms with E-state index in [1.54, 1.807) is 17.0 Å². The van der Waals surface area contributed by atoms with Crippen LogP contribution in [0.5, 0.6) is 0 Å². The fraction of sp³-hybridized carbons (Fsp3) is 0.667. The van der Waals surface area contributed by atoms with Gasteiger partial charge >= 0.3 is 5.97 Å². The second-order valence-corrected chi connectivity index (χ2v) is 11.1. The van der Waals surface area contributed by atoms with Crippen LogP contribution in [0.1, 0.15) is 55.3 Å². The number of hydrogen-bond donors (Lipinski definition) is 0. The highest BCUT2D eigenvalue weighted by atomic mass is 32.2. The smallest absolute Gasteiger partial charge is 0.339 e. The Kier molecular flexibility index (Phi) is 8.89. The molecule has 0 aromatic heterocycles. The van der Waals surface area contributed by atoms with Crippen molar-refractivity contribution >= 4 is 21.9 Å². The Hall–Kier alpha value is -1.97. The zero-order chi connectivity index (χ0) is 24.0. The molecule has 8 nitrogen and oxygen atoms in total. The lowest BCUT2D eigenvalue weighted by molar-refractivity contribution is -0.135. The van der Waals surface area contributed by atoms with Crippen LogP contribution in [0.15, 0.2) is 29.2 Å². The molecule has 1 aliphatic carbocycles. The summed E-state index contributed by atoms with van der Waals surface area (Å²) in [6.07, 6.45) is 7.32. The van der Waals surface area contributed by atoms with E-state index in [1.165, 1.54) is 55.7 Å². The van der Waals surface area contributed by atoms with Crippen LogP contribution in [-0.4, -0.2) is 87.8 Å². The number of esters is 1. The van der Waals surface area contributed by atoms with E-state index in [4.69, 9.17) is 4.74 Å². The molecule has 0 radical (unpaired) electrons. The van der Waals surface area contributed by atoms with E-state index in [9.17, 15) is 18.0 Å². The fourth-order valence-electron chi connectivity index (χ4n) is 4.89. The van der Waals surface area contributed by atoms with Crippen molar-refractivity contribution in [3.63, 3.8) is 0 Å². The van der Waals surface area contributed by atoms with Crippen LogP contribution in [-0.2, 0) is 19.6 Å². The molecule has 0 spiro atoms. The number of ether oxygens (including phenoxy) is 1.